The van der Waals surface area contributed by atoms with Gasteiger partial charge in [-0.1, -0.05) is 0 Å². The van der Waals surface area contributed by atoms with E-state index in [4.69, 9.17) is 5.73 Å². The van der Waals surface area contributed by atoms with Crippen molar-refractivity contribution in [1.82, 2.24) is 25.0 Å². The van der Waals surface area contributed by atoms with Crippen molar-refractivity contribution in [3.05, 3.63) is 29.6 Å². The van der Waals surface area contributed by atoms with Crippen LogP contribution in [0.15, 0.2) is 18.3 Å². The van der Waals surface area contributed by atoms with Crippen molar-refractivity contribution in [2.75, 3.05) is 25.4 Å². The van der Waals surface area contributed by atoms with Crippen LogP contribution in [-0.4, -0.2) is 45.3 Å². The highest BCUT2D eigenvalue weighted by Gasteiger charge is 2.46. The molecule has 9 heteroatoms. The van der Waals surface area contributed by atoms with E-state index in [1.54, 1.807) is 0 Å². The molecule has 144 valence electrons. The molecule has 0 bridgehead atoms. The van der Waals surface area contributed by atoms with Crippen LogP contribution in [0.5, 0.6) is 0 Å². The summed E-state index contributed by atoms with van der Waals surface area (Å²) < 4.78 is 28.2. The van der Waals surface area contributed by atoms with Crippen molar-refractivity contribution in [3.63, 3.8) is 0 Å². The molecule has 4 rings (SSSR count). The predicted molar refractivity (Wildman–Crippen MR) is 96.4 cm³/mol. The Morgan fingerprint density at radius 2 is 2.15 bits per heavy atom. The summed E-state index contributed by atoms with van der Waals surface area (Å²) in [5.74, 6) is -0.162. The van der Waals surface area contributed by atoms with Gasteiger partial charge in [0.1, 0.15) is 5.82 Å². The highest BCUT2D eigenvalue weighted by atomic mass is 19.3. The minimum Gasteiger partial charge on any atom is -0.383 e. The first-order chi connectivity index (χ1) is 12.9. The zero-order valence-electron chi connectivity index (χ0n) is 15.1. The van der Waals surface area contributed by atoms with Gasteiger partial charge in [-0.15, -0.1) is 0 Å². The summed E-state index contributed by atoms with van der Waals surface area (Å²) in [6.45, 7) is 4.59. The van der Waals surface area contributed by atoms with E-state index in [9.17, 15) is 13.6 Å². The maximum Gasteiger partial charge on any atom is 0.317 e. The zero-order valence-corrected chi connectivity index (χ0v) is 15.1. The van der Waals surface area contributed by atoms with Crippen LogP contribution in [0.25, 0.3) is 11.3 Å². The number of aryl methyl sites for hydroxylation is 1. The Bertz CT molecular complexity index is 883. The fourth-order valence-corrected chi connectivity index (χ4v) is 4.13. The van der Waals surface area contributed by atoms with E-state index in [1.165, 1.54) is 12.3 Å². The molecule has 2 amide bonds. The van der Waals surface area contributed by atoms with Gasteiger partial charge in [-0.3, -0.25) is 4.68 Å². The molecule has 1 spiro atoms. The Labute approximate surface area is 155 Å². The van der Waals surface area contributed by atoms with Crippen LogP contribution in [0.3, 0.4) is 0 Å². The number of carbonyl (C=O) groups excluding carboxylic acids is 1. The second-order valence-electron chi connectivity index (χ2n) is 7.17. The first-order valence-corrected chi connectivity index (χ1v) is 9.08. The van der Waals surface area contributed by atoms with Crippen LogP contribution < -0.4 is 11.1 Å². The van der Waals surface area contributed by atoms with Gasteiger partial charge in [0.2, 0.25) is 0 Å². The Morgan fingerprint density at radius 3 is 2.89 bits per heavy atom. The maximum atomic E-state index is 13.1. The Morgan fingerprint density at radius 1 is 1.37 bits per heavy atom. The number of anilines is 1. The molecule has 27 heavy (non-hydrogen) atoms. The van der Waals surface area contributed by atoms with Crippen LogP contribution in [0.2, 0.25) is 0 Å². The lowest BCUT2D eigenvalue weighted by Gasteiger charge is -2.23. The molecule has 0 radical (unpaired) electrons. The van der Waals surface area contributed by atoms with Crippen LogP contribution in [0.1, 0.15) is 37.4 Å². The number of rotatable bonds is 3. The van der Waals surface area contributed by atoms with Crippen LogP contribution in [0, 0.1) is 0 Å². The predicted octanol–water partition coefficient (Wildman–Crippen LogP) is 2.54. The molecule has 1 saturated heterocycles. The van der Waals surface area contributed by atoms with E-state index in [2.05, 4.69) is 15.4 Å². The van der Waals surface area contributed by atoms with Gasteiger partial charge in [-0.2, -0.15) is 5.10 Å². The van der Waals surface area contributed by atoms with Crippen LogP contribution >= 0.6 is 0 Å². The molecular weight excluding hydrogens is 354 g/mol. The number of fused-ring (bicyclic) bond motifs is 2. The van der Waals surface area contributed by atoms with Crippen LogP contribution in [0.4, 0.5) is 19.4 Å². The smallest absolute Gasteiger partial charge is 0.317 e. The number of nitrogens with one attached hydrogen (secondary N) is 1. The highest BCUT2D eigenvalue weighted by molar-refractivity contribution is 5.74. The molecule has 2 aliphatic heterocycles. The number of aromatic nitrogens is 3. The standard InChI is InChI=1S/C18H22F2N6O/c1-2-22-17(27)25-5-3-18(10-25)4-6-26-14(18)8-13(24-26)11-7-12(15(19)20)16(21)23-9-11/h7-9,15H,2-6,10H2,1H3,(H2,21,23)(H,22,27)/t18-/m1/s1. The lowest BCUT2D eigenvalue weighted by Crippen LogP contribution is -2.40. The van der Waals surface area contributed by atoms with Gasteiger partial charge in [-0.25, -0.2) is 18.6 Å². The molecular formula is C18H22F2N6O. The molecule has 4 heterocycles. The number of nitrogens with zero attached hydrogens (tertiary/aromatic N) is 4. The molecule has 7 nitrogen and oxygen atoms in total. The molecule has 0 aromatic carbocycles. The summed E-state index contributed by atoms with van der Waals surface area (Å²) in [6, 6.07) is 3.25. The van der Waals surface area contributed by atoms with Crippen molar-refractivity contribution < 1.29 is 13.6 Å². The monoisotopic (exact) mass is 376 g/mol. The van der Waals surface area contributed by atoms with Gasteiger partial charge in [0.05, 0.1) is 11.3 Å². The number of amides is 2. The minimum atomic E-state index is -2.68. The molecule has 0 aliphatic carbocycles. The second-order valence-corrected chi connectivity index (χ2v) is 7.17. The Kier molecular flexibility index (Phi) is 4.24. The average molecular weight is 376 g/mol. The molecule has 0 unspecified atom stereocenters. The van der Waals surface area contributed by atoms with Gasteiger partial charge in [0.15, 0.2) is 0 Å². The van der Waals surface area contributed by atoms with E-state index >= 15 is 0 Å². The first-order valence-electron chi connectivity index (χ1n) is 9.08. The number of carbonyl (C=O) groups is 1. The van der Waals surface area contributed by atoms with E-state index in [0.29, 0.717) is 30.9 Å². The van der Waals surface area contributed by atoms with Gasteiger partial charge >= 0.3 is 6.03 Å². The fourth-order valence-electron chi connectivity index (χ4n) is 4.13. The first kappa shape index (κ1) is 17.7. The summed E-state index contributed by atoms with van der Waals surface area (Å²) in [5.41, 5.74) is 7.33. The lowest BCUT2D eigenvalue weighted by molar-refractivity contribution is 0.152. The summed E-state index contributed by atoms with van der Waals surface area (Å²) in [6.07, 6.45) is 0.589. The minimum absolute atomic E-state index is 0.0446. The number of likely N-dealkylation sites (tertiary alicyclic amines) is 1. The Hall–Kier alpha value is -2.71. The molecule has 0 saturated carbocycles. The second kappa shape index (κ2) is 6.47. The number of nitrogens with two attached hydrogens (primary N) is 1. The number of halogens is 2. The molecule has 2 aliphatic rings. The van der Waals surface area contributed by atoms with E-state index in [1.807, 2.05) is 22.6 Å². The molecule has 2 aromatic rings. The third kappa shape index (κ3) is 2.90. The number of pyridine rings is 1. The van der Waals surface area contributed by atoms with E-state index in [-0.39, 0.29) is 22.8 Å². The van der Waals surface area contributed by atoms with Gasteiger partial charge in [0.25, 0.3) is 6.43 Å². The molecule has 1 atom stereocenters. The van der Waals surface area contributed by atoms with E-state index < -0.39 is 6.43 Å². The third-order valence-electron chi connectivity index (χ3n) is 5.57. The third-order valence-corrected chi connectivity index (χ3v) is 5.57. The number of hydrogen-bond acceptors (Lipinski definition) is 4. The van der Waals surface area contributed by atoms with E-state index in [0.717, 1.165) is 25.1 Å². The maximum absolute atomic E-state index is 13.1. The van der Waals surface area contributed by atoms with Gasteiger partial charge in [-0.05, 0) is 31.9 Å². The number of urea groups is 1. The summed E-state index contributed by atoms with van der Waals surface area (Å²) >= 11 is 0. The quantitative estimate of drug-likeness (QED) is 0.862. The van der Waals surface area contributed by atoms with Crippen molar-refractivity contribution in [1.29, 1.82) is 0 Å². The molecule has 1 fully saturated rings. The number of nitrogen functional groups attached to an aromatic ring is 1. The van der Waals surface area contributed by atoms with Crippen LogP contribution in [-0.2, 0) is 12.0 Å². The fraction of sp³-hybridized carbons (Fsp3) is 0.500. The summed E-state index contributed by atoms with van der Waals surface area (Å²) in [5, 5.41) is 7.43. The largest absolute Gasteiger partial charge is 0.383 e. The highest BCUT2D eigenvalue weighted by Crippen LogP contribution is 2.44. The topological polar surface area (TPSA) is 89.1 Å². The van der Waals surface area contributed by atoms with Crippen molar-refractivity contribution in [3.8, 4) is 11.3 Å². The molecule has 3 N–H and O–H groups in total. The van der Waals surface area contributed by atoms with Gasteiger partial charge in [0, 0.05) is 49.0 Å². The van der Waals surface area contributed by atoms with Crippen molar-refractivity contribution >= 4 is 11.8 Å². The molecule has 2 aromatic heterocycles. The Balaban J connectivity index is 1.63. The van der Waals surface area contributed by atoms with Gasteiger partial charge < -0.3 is 16.0 Å². The summed E-state index contributed by atoms with van der Waals surface area (Å²) in [4.78, 5) is 17.9. The average Bonchev–Trinajstić information content (AvgIpc) is 3.33. The van der Waals surface area contributed by atoms with Crippen molar-refractivity contribution in [2.45, 2.75) is 38.2 Å². The SMILES string of the molecule is CCNC(=O)N1CC[C@@]2(CCn3nc(-c4cnc(N)c(C(F)F)c4)cc32)C1. The summed E-state index contributed by atoms with van der Waals surface area (Å²) in [7, 11) is 0. The van der Waals surface area contributed by atoms with Crippen molar-refractivity contribution in [2.24, 2.45) is 0 Å². The normalized spacial score (nSPS) is 21.3. The lowest BCUT2D eigenvalue weighted by atomic mass is 9.82. The number of hydrogen-bond donors (Lipinski definition) is 2. The number of alkyl halides is 2. The zero-order chi connectivity index (χ0) is 19.2.